The van der Waals surface area contributed by atoms with E-state index in [2.05, 4.69) is 5.32 Å². The molecule has 1 fully saturated rings. The molecule has 23 heavy (non-hydrogen) atoms. The molecule has 0 radical (unpaired) electrons. The Labute approximate surface area is 137 Å². The van der Waals surface area contributed by atoms with E-state index in [0.717, 1.165) is 16.1 Å². The monoisotopic (exact) mass is 340 g/mol. The summed E-state index contributed by atoms with van der Waals surface area (Å²) in [6.07, 6.45) is 2.28. The molecule has 128 valence electrons. The van der Waals surface area contributed by atoms with Gasteiger partial charge in [0.25, 0.3) is 0 Å². The van der Waals surface area contributed by atoms with Crippen LogP contribution in [0.2, 0.25) is 0 Å². The average molecular weight is 340 g/mol. The molecule has 2 rings (SSSR count). The molecule has 1 atom stereocenters. The summed E-state index contributed by atoms with van der Waals surface area (Å²) < 4.78 is 23.9. The average Bonchev–Trinajstić information content (AvgIpc) is 2.47. The number of carbonyl (C=O) groups excluding carboxylic acids is 1. The van der Waals surface area contributed by atoms with E-state index in [0.29, 0.717) is 12.8 Å². The van der Waals surface area contributed by atoms with Gasteiger partial charge >= 0.3 is 0 Å². The number of nitrogens with zero attached hydrogens (tertiary/aromatic N) is 1. The predicted molar refractivity (Wildman–Crippen MR) is 88.1 cm³/mol. The smallest absolute Gasteiger partial charge is 0.221 e. The highest BCUT2D eigenvalue weighted by atomic mass is 32.2. The van der Waals surface area contributed by atoms with Crippen LogP contribution in [0.4, 0.5) is 0 Å². The van der Waals surface area contributed by atoms with Crippen molar-refractivity contribution in [2.24, 2.45) is 5.92 Å². The van der Waals surface area contributed by atoms with Crippen LogP contribution in [-0.4, -0.2) is 49.7 Å². The van der Waals surface area contributed by atoms with Gasteiger partial charge in [0.1, 0.15) is 0 Å². The second-order valence-corrected chi connectivity index (χ2v) is 8.27. The topological polar surface area (TPSA) is 86.7 Å². The third-order valence-electron chi connectivity index (χ3n) is 4.32. The Morgan fingerprint density at radius 2 is 1.96 bits per heavy atom. The van der Waals surface area contributed by atoms with Crippen molar-refractivity contribution in [2.45, 2.75) is 31.4 Å². The first-order chi connectivity index (χ1) is 10.8. The number of hydrogen-bond donors (Lipinski definition) is 2. The number of rotatable bonds is 7. The maximum atomic E-state index is 12.2. The number of sulfonamides is 1. The largest absolute Gasteiger partial charge is 0.393 e. The van der Waals surface area contributed by atoms with E-state index in [9.17, 15) is 18.3 Å². The van der Waals surface area contributed by atoms with Crippen molar-refractivity contribution in [3.8, 4) is 0 Å². The van der Waals surface area contributed by atoms with Crippen LogP contribution in [-0.2, 0) is 14.8 Å². The van der Waals surface area contributed by atoms with Gasteiger partial charge in [-0.2, -0.15) is 0 Å². The van der Waals surface area contributed by atoms with E-state index in [-0.39, 0.29) is 36.9 Å². The summed E-state index contributed by atoms with van der Waals surface area (Å²) in [5, 5.41) is 12.5. The predicted octanol–water partition coefficient (Wildman–Crippen LogP) is 0.896. The summed E-state index contributed by atoms with van der Waals surface area (Å²) in [5.74, 6) is 0.0275. The summed E-state index contributed by atoms with van der Waals surface area (Å²) in [5.41, 5.74) is 1.01. The van der Waals surface area contributed by atoms with Crippen LogP contribution in [0.25, 0.3) is 0 Å². The molecule has 0 bridgehead atoms. The van der Waals surface area contributed by atoms with Crippen LogP contribution >= 0.6 is 0 Å². The van der Waals surface area contributed by atoms with Crippen molar-refractivity contribution in [3.05, 3.63) is 35.9 Å². The molecule has 0 heterocycles. The van der Waals surface area contributed by atoms with Gasteiger partial charge < -0.3 is 10.4 Å². The van der Waals surface area contributed by atoms with Gasteiger partial charge in [0.2, 0.25) is 15.9 Å². The fourth-order valence-electron chi connectivity index (χ4n) is 2.71. The molecule has 0 saturated heterocycles. The lowest BCUT2D eigenvalue weighted by molar-refractivity contribution is -0.123. The first-order valence-corrected chi connectivity index (χ1v) is 9.56. The van der Waals surface area contributed by atoms with E-state index in [1.165, 1.54) is 7.05 Å². The molecule has 0 aromatic heterocycles. The zero-order valence-electron chi connectivity index (χ0n) is 13.5. The van der Waals surface area contributed by atoms with Crippen LogP contribution < -0.4 is 5.32 Å². The third-order valence-corrected chi connectivity index (χ3v) is 5.63. The van der Waals surface area contributed by atoms with E-state index >= 15 is 0 Å². The zero-order chi connectivity index (χ0) is 17.0. The van der Waals surface area contributed by atoms with E-state index in [4.69, 9.17) is 0 Å². The minimum Gasteiger partial charge on any atom is -0.393 e. The Hall–Kier alpha value is -1.44. The molecular weight excluding hydrogens is 316 g/mol. The lowest BCUT2D eigenvalue weighted by atomic mass is 9.75. The second-order valence-electron chi connectivity index (χ2n) is 6.18. The van der Waals surface area contributed by atoms with Gasteiger partial charge in [-0.15, -0.1) is 0 Å². The normalized spacial score (nSPS) is 22.4. The quantitative estimate of drug-likeness (QED) is 0.772. The highest BCUT2D eigenvalue weighted by Gasteiger charge is 2.35. The molecule has 1 aromatic carbocycles. The molecule has 1 aromatic rings. The maximum absolute atomic E-state index is 12.2. The van der Waals surface area contributed by atoms with Crippen molar-refractivity contribution in [2.75, 3.05) is 19.8 Å². The molecular formula is C16H24N2O4S. The van der Waals surface area contributed by atoms with Gasteiger partial charge in [0.15, 0.2) is 0 Å². The zero-order valence-corrected chi connectivity index (χ0v) is 14.3. The number of benzene rings is 1. The minimum atomic E-state index is -3.28. The number of aliphatic hydroxyl groups is 1. The molecule has 1 saturated carbocycles. The highest BCUT2D eigenvalue weighted by molar-refractivity contribution is 7.88. The van der Waals surface area contributed by atoms with Gasteiger partial charge in [0, 0.05) is 20.0 Å². The van der Waals surface area contributed by atoms with Crippen LogP contribution in [0, 0.1) is 5.92 Å². The van der Waals surface area contributed by atoms with Gasteiger partial charge in [-0.25, -0.2) is 12.7 Å². The standard InChI is InChI=1S/C16H24N2O4S/c1-18(23(2,21)22)9-8-15(20)17-16(13-10-14(19)11-13)12-6-4-3-5-7-12/h3-7,13-14,16,19H,8-11H2,1-2H3,(H,17,20). The van der Waals surface area contributed by atoms with Crippen LogP contribution in [0.5, 0.6) is 0 Å². The molecule has 1 amide bonds. The van der Waals surface area contributed by atoms with E-state index < -0.39 is 10.0 Å². The first kappa shape index (κ1) is 17.9. The fraction of sp³-hybridized carbons (Fsp3) is 0.562. The minimum absolute atomic E-state index is 0.113. The van der Waals surface area contributed by atoms with Crippen molar-refractivity contribution in [1.82, 2.24) is 9.62 Å². The number of amides is 1. The number of carbonyl (C=O) groups is 1. The summed E-state index contributed by atoms with van der Waals surface area (Å²) in [4.78, 5) is 12.2. The second kappa shape index (κ2) is 7.42. The summed E-state index contributed by atoms with van der Waals surface area (Å²) in [7, 11) is -1.82. The first-order valence-electron chi connectivity index (χ1n) is 7.71. The van der Waals surface area contributed by atoms with Gasteiger partial charge in [-0.3, -0.25) is 4.79 Å². The highest BCUT2D eigenvalue weighted by Crippen LogP contribution is 2.38. The Morgan fingerprint density at radius 1 is 1.35 bits per heavy atom. The van der Waals surface area contributed by atoms with Crippen molar-refractivity contribution < 1.29 is 18.3 Å². The molecule has 7 heteroatoms. The number of hydrogen-bond acceptors (Lipinski definition) is 4. The van der Waals surface area contributed by atoms with E-state index in [1.54, 1.807) is 0 Å². The summed E-state index contributed by atoms with van der Waals surface area (Å²) in [6.45, 7) is 0.152. The summed E-state index contributed by atoms with van der Waals surface area (Å²) in [6, 6.07) is 9.52. The van der Waals surface area contributed by atoms with Gasteiger partial charge in [-0.1, -0.05) is 30.3 Å². The molecule has 1 unspecified atom stereocenters. The molecule has 1 aliphatic carbocycles. The third kappa shape index (κ3) is 5.02. The van der Waals surface area contributed by atoms with Crippen molar-refractivity contribution >= 4 is 15.9 Å². The van der Waals surface area contributed by atoms with Crippen LogP contribution in [0.1, 0.15) is 30.9 Å². The van der Waals surface area contributed by atoms with Crippen LogP contribution in [0.15, 0.2) is 30.3 Å². The molecule has 6 nitrogen and oxygen atoms in total. The van der Waals surface area contributed by atoms with Crippen LogP contribution in [0.3, 0.4) is 0 Å². The van der Waals surface area contributed by atoms with Gasteiger partial charge in [-0.05, 0) is 24.3 Å². The Bertz CT molecular complexity index is 627. The van der Waals surface area contributed by atoms with Crippen molar-refractivity contribution in [1.29, 1.82) is 0 Å². The van der Waals surface area contributed by atoms with Gasteiger partial charge in [0.05, 0.1) is 18.4 Å². The molecule has 1 aliphatic rings. The molecule has 0 spiro atoms. The lowest BCUT2D eigenvalue weighted by Gasteiger charge is -2.38. The Morgan fingerprint density at radius 3 is 2.48 bits per heavy atom. The maximum Gasteiger partial charge on any atom is 0.221 e. The fourth-order valence-corrected chi connectivity index (χ4v) is 3.13. The van der Waals surface area contributed by atoms with E-state index in [1.807, 2.05) is 30.3 Å². The SMILES string of the molecule is CN(CCC(=O)NC(c1ccccc1)C1CC(O)C1)S(C)(=O)=O. The molecule has 2 N–H and O–H groups in total. The summed E-state index contributed by atoms with van der Waals surface area (Å²) >= 11 is 0. The Kier molecular flexibility index (Phi) is 5.78. The number of aliphatic hydroxyl groups excluding tert-OH is 1. The van der Waals surface area contributed by atoms with Crippen molar-refractivity contribution in [3.63, 3.8) is 0 Å². The number of nitrogens with one attached hydrogen (secondary N) is 1. The Balaban J connectivity index is 1.96. The lowest BCUT2D eigenvalue weighted by Crippen LogP contribution is -2.42. The molecule has 0 aliphatic heterocycles.